The van der Waals surface area contributed by atoms with E-state index in [-0.39, 0.29) is 5.75 Å². The van der Waals surface area contributed by atoms with Crippen LogP contribution in [-0.2, 0) is 25.8 Å². The largest absolute Gasteiger partial charge is 0.504 e. The third-order valence-corrected chi connectivity index (χ3v) is 6.20. The number of hydrogen-bond donors (Lipinski definition) is 1. The van der Waals surface area contributed by atoms with Gasteiger partial charge in [-0.1, -0.05) is 6.92 Å². The van der Waals surface area contributed by atoms with E-state index in [4.69, 9.17) is 4.74 Å². The smallest absolute Gasteiger partial charge is 0.160 e. The molecule has 0 bridgehead atoms. The average molecular weight is 315 g/mol. The molecule has 3 heterocycles. The number of hydrogen-bond acceptors (Lipinski definition) is 4. The van der Waals surface area contributed by atoms with Crippen molar-refractivity contribution in [2.75, 3.05) is 13.7 Å². The Bertz CT molecular complexity index is 722. The molecule has 2 aliphatic rings. The number of aromatic hydroxyl groups is 1. The van der Waals surface area contributed by atoms with Crippen LogP contribution in [0.3, 0.4) is 0 Å². The van der Waals surface area contributed by atoms with Gasteiger partial charge >= 0.3 is 0 Å². The van der Waals surface area contributed by atoms with Crippen molar-refractivity contribution < 1.29 is 9.84 Å². The standard InChI is InChI=1S/C18H21NO2S/c1-3-11-10-22-18-8-15-13-7-16(20)17(21-2)6-12(13)4-5-19(15)9-14(11)18/h6-7,10,15,20H,3-5,8-9H2,1-2H3. The van der Waals surface area contributed by atoms with E-state index in [1.54, 1.807) is 12.7 Å². The van der Waals surface area contributed by atoms with Crippen LogP contribution in [0.15, 0.2) is 17.5 Å². The monoisotopic (exact) mass is 315 g/mol. The highest BCUT2D eigenvalue weighted by molar-refractivity contribution is 7.10. The van der Waals surface area contributed by atoms with Crippen LogP contribution in [-0.4, -0.2) is 23.7 Å². The van der Waals surface area contributed by atoms with Crippen LogP contribution in [0.4, 0.5) is 0 Å². The number of aryl methyl sites for hydroxylation is 1. The zero-order valence-corrected chi connectivity index (χ0v) is 13.9. The maximum Gasteiger partial charge on any atom is 0.160 e. The van der Waals surface area contributed by atoms with Crippen LogP contribution in [0.25, 0.3) is 0 Å². The van der Waals surface area contributed by atoms with E-state index in [0.717, 1.165) is 32.4 Å². The number of fused-ring (bicyclic) bond motifs is 4. The summed E-state index contributed by atoms with van der Waals surface area (Å²) in [5.74, 6) is 0.849. The molecule has 3 nitrogen and oxygen atoms in total. The van der Waals surface area contributed by atoms with Gasteiger partial charge in [-0.05, 0) is 52.6 Å². The van der Waals surface area contributed by atoms with Crippen molar-refractivity contribution in [1.29, 1.82) is 0 Å². The third-order valence-electron chi connectivity index (χ3n) is 5.10. The Morgan fingerprint density at radius 2 is 2.27 bits per heavy atom. The van der Waals surface area contributed by atoms with E-state index in [2.05, 4.69) is 17.2 Å². The molecule has 4 rings (SSSR count). The first kappa shape index (κ1) is 14.1. The molecule has 1 N–H and O–H groups in total. The summed E-state index contributed by atoms with van der Waals surface area (Å²) in [6.45, 7) is 4.38. The first-order chi connectivity index (χ1) is 10.7. The minimum atomic E-state index is 0.259. The zero-order valence-electron chi connectivity index (χ0n) is 13.1. The van der Waals surface area contributed by atoms with Crippen LogP contribution in [0, 0.1) is 0 Å². The van der Waals surface area contributed by atoms with Gasteiger partial charge in [0.1, 0.15) is 0 Å². The molecule has 4 heteroatoms. The Kier molecular flexibility index (Phi) is 3.39. The second kappa shape index (κ2) is 5.28. The number of ether oxygens (including phenoxy) is 1. The van der Waals surface area contributed by atoms with E-state index in [1.807, 2.05) is 23.5 Å². The Morgan fingerprint density at radius 3 is 3.05 bits per heavy atom. The maximum absolute atomic E-state index is 10.2. The normalized spacial score (nSPS) is 20.2. The van der Waals surface area contributed by atoms with Gasteiger partial charge in [-0.15, -0.1) is 11.3 Å². The molecule has 0 aliphatic carbocycles. The lowest BCUT2D eigenvalue weighted by Gasteiger charge is -2.41. The lowest BCUT2D eigenvalue weighted by molar-refractivity contribution is 0.161. The number of rotatable bonds is 2. The minimum absolute atomic E-state index is 0.259. The number of methoxy groups -OCH3 is 1. The van der Waals surface area contributed by atoms with E-state index in [9.17, 15) is 5.11 Å². The van der Waals surface area contributed by atoms with Gasteiger partial charge in [0, 0.05) is 30.4 Å². The van der Waals surface area contributed by atoms with Crippen molar-refractivity contribution in [2.45, 2.75) is 38.8 Å². The summed E-state index contributed by atoms with van der Waals surface area (Å²) in [4.78, 5) is 4.10. The van der Waals surface area contributed by atoms with E-state index in [0.29, 0.717) is 11.8 Å². The molecule has 1 atom stereocenters. The van der Waals surface area contributed by atoms with Crippen molar-refractivity contribution >= 4 is 11.3 Å². The molecule has 2 aliphatic heterocycles. The molecule has 0 fully saturated rings. The maximum atomic E-state index is 10.2. The molecule has 0 amide bonds. The topological polar surface area (TPSA) is 32.7 Å². The summed E-state index contributed by atoms with van der Waals surface area (Å²) in [5, 5.41) is 12.5. The van der Waals surface area contributed by atoms with Crippen LogP contribution >= 0.6 is 11.3 Å². The SMILES string of the molecule is CCc1csc2c1CN1CCc3cc(OC)c(O)cc3C1C2. The number of phenolic OH excluding ortho intramolecular Hbond substituents is 1. The van der Waals surface area contributed by atoms with Gasteiger partial charge in [0.15, 0.2) is 11.5 Å². The third kappa shape index (κ3) is 2.05. The van der Waals surface area contributed by atoms with E-state index < -0.39 is 0 Å². The van der Waals surface area contributed by atoms with Crippen molar-refractivity contribution in [3.05, 3.63) is 44.6 Å². The number of phenols is 1. The second-order valence-corrected chi connectivity index (χ2v) is 7.14. The van der Waals surface area contributed by atoms with Crippen molar-refractivity contribution in [2.24, 2.45) is 0 Å². The molecule has 22 heavy (non-hydrogen) atoms. The minimum Gasteiger partial charge on any atom is -0.504 e. The summed E-state index contributed by atoms with van der Waals surface area (Å²) in [7, 11) is 1.61. The van der Waals surface area contributed by atoms with Crippen molar-refractivity contribution in [1.82, 2.24) is 4.90 Å². The first-order valence-electron chi connectivity index (χ1n) is 7.93. The summed E-state index contributed by atoms with van der Waals surface area (Å²) < 4.78 is 5.26. The summed E-state index contributed by atoms with van der Waals surface area (Å²) in [6, 6.07) is 4.34. The van der Waals surface area contributed by atoms with Gasteiger partial charge in [0.25, 0.3) is 0 Å². The predicted molar refractivity (Wildman–Crippen MR) is 88.9 cm³/mol. The number of benzene rings is 1. The first-order valence-corrected chi connectivity index (χ1v) is 8.81. The summed E-state index contributed by atoms with van der Waals surface area (Å²) >= 11 is 1.90. The van der Waals surface area contributed by atoms with Crippen LogP contribution < -0.4 is 4.74 Å². The highest BCUT2D eigenvalue weighted by atomic mass is 32.1. The highest BCUT2D eigenvalue weighted by Gasteiger charge is 2.34. The molecule has 0 saturated heterocycles. The number of thiophene rings is 1. The lowest BCUT2D eigenvalue weighted by Crippen LogP contribution is -2.39. The molecule has 0 saturated carbocycles. The zero-order chi connectivity index (χ0) is 15.3. The quantitative estimate of drug-likeness (QED) is 0.917. The molecule has 0 spiro atoms. The molecule has 1 aromatic heterocycles. The summed E-state index contributed by atoms with van der Waals surface area (Å²) in [6.07, 6.45) is 3.22. The van der Waals surface area contributed by atoms with E-state index in [1.165, 1.54) is 21.6 Å². The second-order valence-electron chi connectivity index (χ2n) is 6.18. The Labute approximate surface area is 135 Å². The summed E-state index contributed by atoms with van der Waals surface area (Å²) in [5.41, 5.74) is 5.68. The van der Waals surface area contributed by atoms with Gasteiger partial charge < -0.3 is 9.84 Å². The fraction of sp³-hybridized carbons (Fsp3) is 0.444. The van der Waals surface area contributed by atoms with Gasteiger partial charge in [0.05, 0.1) is 7.11 Å². The van der Waals surface area contributed by atoms with Gasteiger partial charge in [-0.2, -0.15) is 0 Å². The van der Waals surface area contributed by atoms with E-state index >= 15 is 0 Å². The Morgan fingerprint density at radius 1 is 1.41 bits per heavy atom. The Hall–Kier alpha value is -1.52. The molecule has 2 aromatic rings. The molecule has 116 valence electrons. The van der Waals surface area contributed by atoms with Crippen molar-refractivity contribution in [3.8, 4) is 11.5 Å². The van der Waals surface area contributed by atoms with Gasteiger partial charge in [-0.3, -0.25) is 4.90 Å². The fourth-order valence-corrected chi connectivity index (χ4v) is 5.05. The predicted octanol–water partition coefficient (Wildman–Crippen LogP) is 3.68. The van der Waals surface area contributed by atoms with Gasteiger partial charge in [-0.25, -0.2) is 0 Å². The average Bonchev–Trinajstić information content (AvgIpc) is 2.94. The molecule has 1 unspecified atom stereocenters. The molecule has 0 radical (unpaired) electrons. The number of nitrogens with zero attached hydrogens (tertiary/aromatic N) is 1. The lowest BCUT2D eigenvalue weighted by atomic mass is 9.86. The molecular formula is C18H21NO2S. The van der Waals surface area contributed by atoms with Crippen LogP contribution in [0.5, 0.6) is 11.5 Å². The van der Waals surface area contributed by atoms with Crippen LogP contribution in [0.2, 0.25) is 0 Å². The van der Waals surface area contributed by atoms with Crippen molar-refractivity contribution in [3.63, 3.8) is 0 Å². The van der Waals surface area contributed by atoms with Gasteiger partial charge in [0.2, 0.25) is 0 Å². The Balaban J connectivity index is 1.75. The van der Waals surface area contributed by atoms with Crippen LogP contribution in [0.1, 0.15) is 40.1 Å². The molecule has 1 aromatic carbocycles. The fourth-order valence-electron chi connectivity index (χ4n) is 3.86. The highest BCUT2D eigenvalue weighted by Crippen LogP contribution is 2.44. The molecular weight excluding hydrogens is 294 g/mol.